The van der Waals surface area contributed by atoms with Gasteiger partial charge in [-0.25, -0.2) is 17.9 Å². The van der Waals surface area contributed by atoms with Crippen molar-refractivity contribution in [1.82, 2.24) is 9.71 Å². The Hall–Kier alpha value is -2.91. The van der Waals surface area contributed by atoms with E-state index in [-0.39, 0.29) is 10.8 Å². The van der Waals surface area contributed by atoms with Gasteiger partial charge in [0.1, 0.15) is 0 Å². The second kappa shape index (κ2) is 6.43. The molecule has 136 valence electrons. The second-order valence-electron chi connectivity index (χ2n) is 5.66. The molecule has 0 unspecified atom stereocenters. The fourth-order valence-corrected chi connectivity index (χ4v) is 3.48. The van der Waals surface area contributed by atoms with Gasteiger partial charge in [0.15, 0.2) is 0 Å². The summed E-state index contributed by atoms with van der Waals surface area (Å²) in [7, 11) is -1.03. The van der Waals surface area contributed by atoms with Crippen LogP contribution in [0.25, 0.3) is 11.6 Å². The zero-order valence-electron chi connectivity index (χ0n) is 14.3. The van der Waals surface area contributed by atoms with Gasteiger partial charge in [-0.1, -0.05) is 0 Å². The normalized spacial score (nSPS) is 15.0. The third-order valence-electron chi connectivity index (χ3n) is 4.23. The number of hydrogen-bond donors (Lipinski definition) is 3. The number of aromatic amines is 1. The van der Waals surface area contributed by atoms with E-state index in [9.17, 15) is 18.0 Å². The zero-order chi connectivity index (χ0) is 19.1. The number of anilines is 1. The number of methoxy groups -OCH3 is 1. The first-order valence-electron chi connectivity index (χ1n) is 7.65. The predicted molar refractivity (Wildman–Crippen MR) is 96.1 cm³/mol. The Kier molecular flexibility index (Phi) is 4.43. The van der Waals surface area contributed by atoms with Crippen LogP contribution in [0.1, 0.15) is 27.2 Å². The number of ether oxygens (including phenoxy) is 1. The molecule has 2 heterocycles. The van der Waals surface area contributed by atoms with Crippen molar-refractivity contribution in [2.45, 2.75) is 11.8 Å². The van der Waals surface area contributed by atoms with Crippen LogP contribution < -0.4 is 10.0 Å². The number of amides is 1. The number of H-pyrrole nitrogens is 1. The van der Waals surface area contributed by atoms with E-state index < -0.39 is 16.0 Å². The fourth-order valence-electron chi connectivity index (χ4n) is 2.72. The first kappa shape index (κ1) is 17.9. The van der Waals surface area contributed by atoms with Crippen molar-refractivity contribution < 1.29 is 22.7 Å². The predicted octanol–water partition coefficient (Wildman–Crippen LogP) is 1.51. The number of sulfonamides is 1. The van der Waals surface area contributed by atoms with Gasteiger partial charge in [0.25, 0.3) is 5.91 Å². The Bertz CT molecular complexity index is 1050. The molecule has 0 aliphatic carbocycles. The van der Waals surface area contributed by atoms with Gasteiger partial charge in [0.05, 0.1) is 23.1 Å². The average Bonchev–Trinajstić information content (AvgIpc) is 3.14. The summed E-state index contributed by atoms with van der Waals surface area (Å²) >= 11 is 0. The standard InChI is InChI=1S/C17H17N3O5S/c1-9-13(17(22)25-3)8-19-15(9)7-12-11-6-10(26(23,24)18-2)4-5-14(11)20-16(12)21/h4-8,18-19H,1-3H3,(H,20,21). The molecule has 9 heteroatoms. The molecule has 0 radical (unpaired) electrons. The van der Waals surface area contributed by atoms with Crippen LogP contribution in [0.5, 0.6) is 0 Å². The van der Waals surface area contributed by atoms with Gasteiger partial charge >= 0.3 is 5.97 Å². The van der Waals surface area contributed by atoms with Crippen LogP contribution >= 0.6 is 0 Å². The molecule has 1 aliphatic heterocycles. The molecule has 0 fully saturated rings. The van der Waals surface area contributed by atoms with Gasteiger partial charge in [0, 0.05) is 23.1 Å². The number of esters is 1. The number of carbonyl (C=O) groups excluding carboxylic acids is 2. The van der Waals surface area contributed by atoms with E-state index in [1.165, 1.54) is 32.5 Å². The van der Waals surface area contributed by atoms with Gasteiger partial charge in [-0.15, -0.1) is 0 Å². The molecular formula is C17H17N3O5S. The molecule has 0 saturated carbocycles. The number of aromatic nitrogens is 1. The van der Waals surface area contributed by atoms with Crippen LogP contribution in [0.4, 0.5) is 5.69 Å². The molecule has 3 N–H and O–H groups in total. The molecule has 8 nitrogen and oxygen atoms in total. The lowest BCUT2D eigenvalue weighted by Gasteiger charge is -2.05. The quantitative estimate of drug-likeness (QED) is 0.553. The van der Waals surface area contributed by atoms with Crippen molar-refractivity contribution in [2.75, 3.05) is 19.5 Å². The summed E-state index contributed by atoms with van der Waals surface area (Å²) in [6.45, 7) is 1.73. The monoisotopic (exact) mass is 375 g/mol. The summed E-state index contributed by atoms with van der Waals surface area (Å²) < 4.78 is 31.0. The highest BCUT2D eigenvalue weighted by Gasteiger charge is 2.27. The van der Waals surface area contributed by atoms with Crippen molar-refractivity contribution in [2.24, 2.45) is 0 Å². The number of carbonyl (C=O) groups is 2. The Balaban J connectivity index is 2.10. The van der Waals surface area contributed by atoms with Crippen molar-refractivity contribution in [1.29, 1.82) is 0 Å². The van der Waals surface area contributed by atoms with E-state index in [0.717, 1.165) is 0 Å². The zero-order valence-corrected chi connectivity index (χ0v) is 15.2. The molecule has 0 spiro atoms. The molecule has 3 rings (SSSR count). The third-order valence-corrected chi connectivity index (χ3v) is 5.64. The van der Waals surface area contributed by atoms with Crippen molar-refractivity contribution in [3.05, 3.63) is 46.8 Å². The highest BCUT2D eigenvalue weighted by atomic mass is 32.2. The van der Waals surface area contributed by atoms with Gasteiger partial charge in [-0.2, -0.15) is 0 Å². The minimum absolute atomic E-state index is 0.0552. The first-order chi connectivity index (χ1) is 12.3. The lowest BCUT2D eigenvalue weighted by Crippen LogP contribution is -2.18. The molecule has 1 amide bonds. The van der Waals surface area contributed by atoms with Crippen LogP contribution in [0, 0.1) is 6.92 Å². The van der Waals surface area contributed by atoms with Crippen LogP contribution in [0.3, 0.4) is 0 Å². The molecule has 0 saturated heterocycles. The van der Waals surface area contributed by atoms with Gasteiger partial charge < -0.3 is 15.0 Å². The van der Waals surface area contributed by atoms with Crippen molar-refractivity contribution >= 4 is 39.2 Å². The summed E-state index contributed by atoms with van der Waals surface area (Å²) in [5.41, 5.74) is 2.85. The molecule has 2 aromatic rings. The summed E-state index contributed by atoms with van der Waals surface area (Å²) in [4.78, 5) is 27.0. The van der Waals surface area contributed by atoms with Gasteiger partial charge in [-0.3, -0.25) is 4.79 Å². The lowest BCUT2D eigenvalue weighted by atomic mass is 10.0. The van der Waals surface area contributed by atoms with E-state index in [2.05, 4.69) is 15.0 Å². The number of rotatable bonds is 4. The summed E-state index contributed by atoms with van der Waals surface area (Å²) in [6.07, 6.45) is 3.09. The van der Waals surface area contributed by atoms with E-state index in [1.54, 1.807) is 19.1 Å². The SMILES string of the molecule is CNS(=O)(=O)c1ccc2c(c1)C(=Cc1[nH]cc(C(=O)OC)c1C)C(=O)N2. The minimum Gasteiger partial charge on any atom is -0.465 e. The minimum atomic E-state index is -3.64. The molecule has 0 bridgehead atoms. The molecular weight excluding hydrogens is 358 g/mol. The molecule has 0 atom stereocenters. The maximum Gasteiger partial charge on any atom is 0.339 e. The Morgan fingerprint density at radius 3 is 2.69 bits per heavy atom. The lowest BCUT2D eigenvalue weighted by molar-refractivity contribution is -0.110. The van der Waals surface area contributed by atoms with Gasteiger partial charge in [-0.05, 0) is 43.8 Å². The number of hydrogen-bond acceptors (Lipinski definition) is 5. The summed E-state index contributed by atoms with van der Waals surface area (Å²) in [5.74, 6) is -0.838. The Morgan fingerprint density at radius 1 is 1.31 bits per heavy atom. The van der Waals surface area contributed by atoms with E-state index in [4.69, 9.17) is 4.74 Å². The second-order valence-corrected chi connectivity index (χ2v) is 7.55. The largest absolute Gasteiger partial charge is 0.465 e. The van der Waals surface area contributed by atoms with Crippen molar-refractivity contribution in [3.63, 3.8) is 0 Å². The third kappa shape index (κ3) is 2.91. The molecule has 1 aliphatic rings. The highest BCUT2D eigenvalue weighted by Crippen LogP contribution is 2.35. The number of nitrogens with one attached hydrogen (secondary N) is 3. The molecule has 1 aromatic carbocycles. The number of fused-ring (bicyclic) bond motifs is 1. The smallest absolute Gasteiger partial charge is 0.339 e. The van der Waals surface area contributed by atoms with E-state index >= 15 is 0 Å². The van der Waals surface area contributed by atoms with Crippen LogP contribution in [-0.4, -0.2) is 39.4 Å². The summed E-state index contributed by atoms with van der Waals surface area (Å²) in [6, 6.07) is 4.40. The van der Waals surface area contributed by atoms with Crippen LogP contribution in [0.15, 0.2) is 29.3 Å². The first-order valence-corrected chi connectivity index (χ1v) is 9.14. The van der Waals surface area contributed by atoms with Crippen LogP contribution in [-0.2, 0) is 19.6 Å². The van der Waals surface area contributed by atoms with E-state index in [1.807, 2.05) is 0 Å². The van der Waals surface area contributed by atoms with Crippen molar-refractivity contribution in [3.8, 4) is 0 Å². The average molecular weight is 375 g/mol. The highest BCUT2D eigenvalue weighted by molar-refractivity contribution is 7.89. The maximum atomic E-state index is 12.3. The maximum absolute atomic E-state index is 12.3. The topological polar surface area (TPSA) is 117 Å². The van der Waals surface area contributed by atoms with Crippen LogP contribution in [0.2, 0.25) is 0 Å². The Morgan fingerprint density at radius 2 is 2.04 bits per heavy atom. The van der Waals surface area contributed by atoms with E-state index in [0.29, 0.717) is 33.6 Å². The van der Waals surface area contributed by atoms with Gasteiger partial charge in [0.2, 0.25) is 10.0 Å². The molecule has 1 aromatic heterocycles. The summed E-state index contributed by atoms with van der Waals surface area (Å²) in [5, 5.41) is 2.70. The Labute approximate surface area is 150 Å². The molecule has 26 heavy (non-hydrogen) atoms. The number of benzene rings is 1. The fraction of sp³-hybridized carbons (Fsp3) is 0.176.